The van der Waals surface area contributed by atoms with Crippen molar-refractivity contribution in [1.82, 2.24) is 5.32 Å². The standard InChI is InChI=1S/C22H26N2O3/c1-15(25)24-19-11-5-16(6-12-19)13-14-23-21(27)20(26)17-7-9-18(10-8-17)22(2,3)4/h5-12H,13-14H2,1-4H3,(H,23,27)(H,24,25). The van der Waals surface area contributed by atoms with Gasteiger partial charge >= 0.3 is 0 Å². The summed E-state index contributed by atoms with van der Waals surface area (Å²) in [5.74, 6) is -1.26. The van der Waals surface area contributed by atoms with Crippen LogP contribution < -0.4 is 10.6 Å². The van der Waals surface area contributed by atoms with Crippen molar-refractivity contribution in [2.45, 2.75) is 39.5 Å². The largest absolute Gasteiger partial charge is 0.349 e. The van der Waals surface area contributed by atoms with E-state index in [1.54, 1.807) is 24.3 Å². The van der Waals surface area contributed by atoms with E-state index < -0.39 is 11.7 Å². The van der Waals surface area contributed by atoms with Crippen LogP contribution >= 0.6 is 0 Å². The van der Waals surface area contributed by atoms with Gasteiger partial charge in [0.1, 0.15) is 0 Å². The lowest BCUT2D eigenvalue weighted by molar-refractivity contribution is -0.117. The number of Topliss-reactive ketones (excluding diaryl/α,β-unsaturated/α-hetero) is 1. The Kier molecular flexibility index (Phi) is 6.50. The quantitative estimate of drug-likeness (QED) is 0.607. The van der Waals surface area contributed by atoms with Gasteiger partial charge in [0.25, 0.3) is 5.91 Å². The van der Waals surface area contributed by atoms with Gasteiger partial charge in [0.05, 0.1) is 0 Å². The van der Waals surface area contributed by atoms with Crippen molar-refractivity contribution in [3.05, 3.63) is 65.2 Å². The number of carbonyl (C=O) groups excluding carboxylic acids is 3. The molecule has 0 saturated carbocycles. The number of hydrogen-bond donors (Lipinski definition) is 2. The molecule has 0 aliphatic carbocycles. The van der Waals surface area contributed by atoms with Crippen molar-refractivity contribution < 1.29 is 14.4 Å². The van der Waals surface area contributed by atoms with E-state index >= 15 is 0 Å². The number of ketones is 1. The number of nitrogens with one attached hydrogen (secondary N) is 2. The molecule has 5 heteroatoms. The van der Waals surface area contributed by atoms with Gasteiger partial charge in [0, 0.05) is 24.7 Å². The van der Waals surface area contributed by atoms with Crippen LogP contribution in [0.1, 0.15) is 49.2 Å². The molecule has 5 nitrogen and oxygen atoms in total. The average molecular weight is 366 g/mol. The van der Waals surface area contributed by atoms with Gasteiger partial charge in [0.15, 0.2) is 0 Å². The van der Waals surface area contributed by atoms with Crippen molar-refractivity contribution >= 4 is 23.3 Å². The van der Waals surface area contributed by atoms with Crippen molar-refractivity contribution in [2.24, 2.45) is 0 Å². The summed E-state index contributed by atoms with van der Waals surface area (Å²) in [6.45, 7) is 8.11. The van der Waals surface area contributed by atoms with E-state index in [9.17, 15) is 14.4 Å². The van der Waals surface area contributed by atoms with Crippen molar-refractivity contribution in [2.75, 3.05) is 11.9 Å². The minimum Gasteiger partial charge on any atom is -0.349 e. The third-order valence-corrected chi connectivity index (χ3v) is 4.19. The predicted octanol–water partition coefficient (Wildman–Crippen LogP) is 3.48. The second-order valence-corrected chi connectivity index (χ2v) is 7.54. The molecule has 2 rings (SSSR count). The molecule has 0 atom stereocenters. The summed E-state index contributed by atoms with van der Waals surface area (Å²) in [7, 11) is 0. The Hall–Kier alpha value is -2.95. The van der Waals surface area contributed by atoms with Crippen molar-refractivity contribution in [3.8, 4) is 0 Å². The Morgan fingerprint density at radius 3 is 2.00 bits per heavy atom. The molecular weight excluding hydrogens is 340 g/mol. The third kappa shape index (κ3) is 6.06. The van der Waals surface area contributed by atoms with Crippen molar-refractivity contribution in [1.29, 1.82) is 0 Å². The van der Waals surface area contributed by atoms with E-state index in [1.807, 2.05) is 24.3 Å². The van der Waals surface area contributed by atoms with Crippen LogP contribution in [0.5, 0.6) is 0 Å². The summed E-state index contributed by atoms with van der Waals surface area (Å²) >= 11 is 0. The van der Waals surface area contributed by atoms with Gasteiger partial charge in [0.2, 0.25) is 11.7 Å². The fraction of sp³-hybridized carbons (Fsp3) is 0.318. The fourth-order valence-electron chi connectivity index (χ4n) is 2.61. The normalized spacial score (nSPS) is 11.0. The molecule has 2 amide bonds. The number of carbonyl (C=O) groups is 3. The van der Waals surface area contributed by atoms with Crippen LogP contribution in [0.15, 0.2) is 48.5 Å². The number of benzene rings is 2. The molecule has 0 saturated heterocycles. The van der Waals surface area contributed by atoms with Crippen LogP contribution in [0.4, 0.5) is 5.69 Å². The smallest absolute Gasteiger partial charge is 0.292 e. The van der Waals surface area contributed by atoms with Gasteiger partial charge < -0.3 is 10.6 Å². The van der Waals surface area contributed by atoms with Gasteiger partial charge in [-0.15, -0.1) is 0 Å². The van der Waals surface area contributed by atoms with E-state index in [-0.39, 0.29) is 11.3 Å². The summed E-state index contributed by atoms with van der Waals surface area (Å²) in [5.41, 5.74) is 3.23. The van der Waals surface area contributed by atoms with Crippen LogP contribution in [0.3, 0.4) is 0 Å². The maximum atomic E-state index is 12.2. The Balaban J connectivity index is 1.86. The minimum absolute atomic E-state index is 0.000672. The highest BCUT2D eigenvalue weighted by atomic mass is 16.2. The summed E-state index contributed by atoms with van der Waals surface area (Å²) in [6.07, 6.45) is 0.600. The summed E-state index contributed by atoms with van der Waals surface area (Å²) in [5, 5.41) is 5.36. The molecule has 0 fully saturated rings. The maximum absolute atomic E-state index is 12.2. The van der Waals surface area contributed by atoms with E-state index in [2.05, 4.69) is 31.4 Å². The highest BCUT2D eigenvalue weighted by molar-refractivity contribution is 6.42. The molecule has 0 radical (unpaired) electrons. The van der Waals surface area contributed by atoms with Gasteiger partial charge in [-0.2, -0.15) is 0 Å². The van der Waals surface area contributed by atoms with E-state index in [4.69, 9.17) is 0 Å². The second kappa shape index (κ2) is 8.62. The van der Waals surface area contributed by atoms with E-state index in [1.165, 1.54) is 6.92 Å². The molecule has 0 heterocycles. The lowest BCUT2D eigenvalue weighted by atomic mass is 9.86. The third-order valence-electron chi connectivity index (χ3n) is 4.19. The molecule has 0 aliphatic rings. The molecule has 0 bridgehead atoms. The monoisotopic (exact) mass is 366 g/mol. The average Bonchev–Trinajstić information content (AvgIpc) is 2.61. The molecule has 2 aromatic carbocycles. The highest BCUT2D eigenvalue weighted by Crippen LogP contribution is 2.22. The van der Waals surface area contributed by atoms with E-state index in [0.717, 1.165) is 16.8 Å². The zero-order valence-electron chi connectivity index (χ0n) is 16.3. The van der Waals surface area contributed by atoms with Gasteiger partial charge in [-0.1, -0.05) is 57.2 Å². The molecule has 142 valence electrons. The predicted molar refractivity (Wildman–Crippen MR) is 107 cm³/mol. The minimum atomic E-state index is -0.603. The molecule has 0 unspecified atom stereocenters. The Bertz CT molecular complexity index is 816. The van der Waals surface area contributed by atoms with E-state index in [0.29, 0.717) is 18.5 Å². The Morgan fingerprint density at radius 2 is 1.48 bits per heavy atom. The van der Waals surface area contributed by atoms with Crippen LogP contribution in [0, 0.1) is 0 Å². The summed E-state index contributed by atoms with van der Waals surface area (Å²) in [4.78, 5) is 35.3. The lowest BCUT2D eigenvalue weighted by Gasteiger charge is -2.18. The molecular formula is C22H26N2O3. The summed E-state index contributed by atoms with van der Waals surface area (Å²) in [6, 6.07) is 14.5. The van der Waals surface area contributed by atoms with Gasteiger partial charge in [-0.25, -0.2) is 0 Å². The number of rotatable bonds is 6. The SMILES string of the molecule is CC(=O)Nc1ccc(CCNC(=O)C(=O)c2ccc(C(C)(C)C)cc2)cc1. The first-order chi connectivity index (χ1) is 12.7. The zero-order chi connectivity index (χ0) is 20.0. The summed E-state index contributed by atoms with van der Waals surface area (Å²) < 4.78 is 0. The van der Waals surface area contributed by atoms with Gasteiger partial charge in [-0.3, -0.25) is 14.4 Å². The van der Waals surface area contributed by atoms with Crippen molar-refractivity contribution in [3.63, 3.8) is 0 Å². The molecule has 2 N–H and O–H groups in total. The Labute approximate surface area is 160 Å². The zero-order valence-corrected chi connectivity index (χ0v) is 16.3. The number of anilines is 1. The molecule has 0 aliphatic heterocycles. The fourth-order valence-corrected chi connectivity index (χ4v) is 2.61. The number of hydrogen-bond acceptors (Lipinski definition) is 3. The molecule has 0 aromatic heterocycles. The van der Waals surface area contributed by atoms with Crippen LogP contribution in [-0.2, 0) is 21.4 Å². The van der Waals surface area contributed by atoms with Crippen LogP contribution in [0.25, 0.3) is 0 Å². The van der Waals surface area contributed by atoms with Crippen LogP contribution in [0.2, 0.25) is 0 Å². The molecule has 0 spiro atoms. The highest BCUT2D eigenvalue weighted by Gasteiger charge is 2.18. The maximum Gasteiger partial charge on any atom is 0.292 e. The first-order valence-electron chi connectivity index (χ1n) is 8.96. The lowest BCUT2D eigenvalue weighted by Crippen LogP contribution is -2.32. The first-order valence-corrected chi connectivity index (χ1v) is 8.96. The van der Waals surface area contributed by atoms with Crippen LogP contribution in [-0.4, -0.2) is 24.1 Å². The molecule has 27 heavy (non-hydrogen) atoms. The van der Waals surface area contributed by atoms with Gasteiger partial charge in [-0.05, 0) is 35.1 Å². The second-order valence-electron chi connectivity index (χ2n) is 7.54. The first kappa shape index (κ1) is 20.4. The molecule has 2 aromatic rings. The topological polar surface area (TPSA) is 75.3 Å². The number of amides is 2. The Morgan fingerprint density at radius 1 is 0.889 bits per heavy atom.